The van der Waals surface area contributed by atoms with Gasteiger partial charge in [0.05, 0.1) is 6.10 Å². The first kappa shape index (κ1) is 16.3. The molecule has 0 unspecified atom stereocenters. The molecule has 0 radical (unpaired) electrons. The molecule has 3 N–H and O–H groups in total. The van der Waals surface area contributed by atoms with Gasteiger partial charge in [-0.2, -0.15) is 0 Å². The molecule has 4 heteroatoms. The Morgan fingerprint density at radius 1 is 1.00 bits per heavy atom. The van der Waals surface area contributed by atoms with Gasteiger partial charge in [-0.25, -0.2) is 0 Å². The van der Waals surface area contributed by atoms with Crippen LogP contribution < -0.4 is 10.1 Å². The summed E-state index contributed by atoms with van der Waals surface area (Å²) >= 11 is 0. The number of nitrogens with one attached hydrogen (secondary N) is 1. The van der Waals surface area contributed by atoms with Crippen LogP contribution in [-0.4, -0.2) is 28.9 Å². The molecule has 0 aromatic heterocycles. The number of aliphatic hydroxyl groups is 1. The molecule has 0 bridgehead atoms. The van der Waals surface area contributed by atoms with Gasteiger partial charge in [-0.1, -0.05) is 30.3 Å². The van der Waals surface area contributed by atoms with Crippen molar-refractivity contribution < 1.29 is 14.9 Å². The summed E-state index contributed by atoms with van der Waals surface area (Å²) in [6, 6.07) is 16.2. The lowest BCUT2D eigenvalue weighted by molar-refractivity contribution is 0.124. The number of ether oxygens (including phenoxy) is 1. The fourth-order valence-corrected chi connectivity index (χ4v) is 2.29. The Bertz CT molecular complexity index is 556. The topological polar surface area (TPSA) is 61.7 Å². The second-order valence-electron chi connectivity index (χ2n) is 5.52. The van der Waals surface area contributed by atoms with Gasteiger partial charge in [-0.05, 0) is 43.7 Å². The summed E-state index contributed by atoms with van der Waals surface area (Å²) in [5.41, 5.74) is 0.772. The van der Waals surface area contributed by atoms with Crippen LogP contribution >= 0.6 is 0 Å². The van der Waals surface area contributed by atoms with E-state index in [2.05, 4.69) is 5.32 Å². The van der Waals surface area contributed by atoms with Gasteiger partial charge in [0.1, 0.15) is 18.1 Å². The van der Waals surface area contributed by atoms with E-state index in [0.717, 1.165) is 11.3 Å². The van der Waals surface area contributed by atoms with Crippen molar-refractivity contribution in [3.63, 3.8) is 0 Å². The molecule has 2 rings (SSSR count). The summed E-state index contributed by atoms with van der Waals surface area (Å²) in [5.74, 6) is 1.03. The number of hydrogen-bond donors (Lipinski definition) is 3. The minimum atomic E-state index is -0.639. The lowest BCUT2D eigenvalue weighted by atomic mass is 10.0. The van der Waals surface area contributed by atoms with Gasteiger partial charge < -0.3 is 20.3 Å². The average molecular weight is 301 g/mol. The van der Waals surface area contributed by atoms with Crippen LogP contribution in [0.3, 0.4) is 0 Å². The van der Waals surface area contributed by atoms with Crippen LogP contribution in [0.15, 0.2) is 54.6 Å². The van der Waals surface area contributed by atoms with Gasteiger partial charge in [-0.15, -0.1) is 0 Å². The number of aliphatic hydroxyl groups excluding tert-OH is 1. The maximum Gasteiger partial charge on any atom is 0.119 e. The summed E-state index contributed by atoms with van der Waals surface area (Å²) in [6.07, 6.45) is -0.639. The first-order valence-electron chi connectivity index (χ1n) is 7.47. The minimum Gasteiger partial charge on any atom is -0.508 e. The molecule has 0 saturated carbocycles. The van der Waals surface area contributed by atoms with Crippen molar-refractivity contribution in [3.8, 4) is 11.5 Å². The number of phenolic OH excluding ortho intramolecular Hbond substituents is 1. The summed E-state index contributed by atoms with van der Waals surface area (Å²) in [6.45, 7) is 4.47. The molecule has 0 saturated heterocycles. The highest BCUT2D eigenvalue weighted by Gasteiger charge is 2.18. The van der Waals surface area contributed by atoms with E-state index in [1.54, 1.807) is 24.3 Å². The molecule has 0 heterocycles. The lowest BCUT2D eigenvalue weighted by Crippen LogP contribution is -2.41. The maximum absolute atomic E-state index is 10.3. The highest BCUT2D eigenvalue weighted by atomic mass is 16.5. The molecule has 118 valence electrons. The minimum absolute atomic E-state index is 0.0990. The van der Waals surface area contributed by atoms with E-state index in [4.69, 9.17) is 4.74 Å². The normalized spacial score (nSPS) is 15.0. The predicted molar refractivity (Wildman–Crippen MR) is 87.1 cm³/mol. The smallest absolute Gasteiger partial charge is 0.119 e. The SMILES string of the molecule is C[C@H](N[C@@H](C)COc1ccccc1)[C@H](O)c1ccc(O)cc1. The number of benzene rings is 2. The van der Waals surface area contributed by atoms with E-state index in [-0.39, 0.29) is 17.8 Å². The van der Waals surface area contributed by atoms with E-state index in [9.17, 15) is 10.2 Å². The van der Waals surface area contributed by atoms with Crippen molar-refractivity contribution in [1.82, 2.24) is 5.32 Å². The molecule has 0 aliphatic heterocycles. The van der Waals surface area contributed by atoms with E-state index >= 15 is 0 Å². The second-order valence-corrected chi connectivity index (χ2v) is 5.52. The molecular weight excluding hydrogens is 278 g/mol. The van der Waals surface area contributed by atoms with Crippen LogP contribution in [0.1, 0.15) is 25.5 Å². The fourth-order valence-electron chi connectivity index (χ4n) is 2.29. The van der Waals surface area contributed by atoms with Gasteiger partial charge in [0, 0.05) is 12.1 Å². The number of hydrogen-bond acceptors (Lipinski definition) is 4. The van der Waals surface area contributed by atoms with E-state index < -0.39 is 6.10 Å². The van der Waals surface area contributed by atoms with E-state index in [0.29, 0.717) is 6.61 Å². The molecule has 0 aliphatic rings. The van der Waals surface area contributed by atoms with Crippen LogP contribution in [0.5, 0.6) is 11.5 Å². The molecule has 4 nitrogen and oxygen atoms in total. The Morgan fingerprint density at radius 3 is 2.27 bits per heavy atom. The zero-order valence-corrected chi connectivity index (χ0v) is 12.9. The third-order valence-corrected chi connectivity index (χ3v) is 3.50. The first-order valence-corrected chi connectivity index (χ1v) is 7.47. The zero-order valence-electron chi connectivity index (χ0n) is 12.9. The molecular formula is C18H23NO3. The number of rotatable bonds is 7. The van der Waals surface area contributed by atoms with Crippen molar-refractivity contribution in [2.45, 2.75) is 32.0 Å². The highest BCUT2D eigenvalue weighted by Crippen LogP contribution is 2.20. The quantitative estimate of drug-likeness (QED) is 0.736. The monoisotopic (exact) mass is 301 g/mol. The number of aromatic hydroxyl groups is 1. The molecule has 22 heavy (non-hydrogen) atoms. The second kappa shape index (κ2) is 7.82. The largest absolute Gasteiger partial charge is 0.508 e. The van der Waals surface area contributed by atoms with Crippen LogP contribution in [0.25, 0.3) is 0 Å². The van der Waals surface area contributed by atoms with E-state index in [1.807, 2.05) is 44.2 Å². The van der Waals surface area contributed by atoms with Crippen LogP contribution in [0.2, 0.25) is 0 Å². The average Bonchev–Trinajstić information content (AvgIpc) is 2.54. The molecule has 0 aliphatic carbocycles. The third-order valence-electron chi connectivity index (χ3n) is 3.50. The highest BCUT2D eigenvalue weighted by molar-refractivity contribution is 5.28. The van der Waals surface area contributed by atoms with E-state index in [1.165, 1.54) is 0 Å². The van der Waals surface area contributed by atoms with Gasteiger partial charge in [0.25, 0.3) is 0 Å². The first-order chi connectivity index (χ1) is 10.6. The molecule has 2 aromatic carbocycles. The van der Waals surface area contributed by atoms with Gasteiger partial charge in [0.2, 0.25) is 0 Å². The summed E-state index contributed by atoms with van der Waals surface area (Å²) in [5, 5.41) is 22.9. The Balaban J connectivity index is 1.82. The van der Waals surface area contributed by atoms with Crippen molar-refractivity contribution in [2.75, 3.05) is 6.61 Å². The summed E-state index contributed by atoms with van der Waals surface area (Å²) < 4.78 is 5.69. The Kier molecular flexibility index (Phi) is 5.81. The third kappa shape index (κ3) is 4.76. The molecule has 3 atom stereocenters. The molecule has 2 aromatic rings. The Labute approximate surface area is 131 Å². The fraction of sp³-hybridized carbons (Fsp3) is 0.333. The Morgan fingerprint density at radius 2 is 1.64 bits per heavy atom. The Hall–Kier alpha value is -2.04. The number of para-hydroxylation sites is 1. The standard InChI is InChI=1S/C18H23NO3/c1-13(12-22-17-6-4-3-5-7-17)19-14(2)18(21)15-8-10-16(20)11-9-15/h3-11,13-14,18-21H,12H2,1-2H3/t13-,14-,18-/m0/s1. The summed E-state index contributed by atoms with van der Waals surface area (Å²) in [4.78, 5) is 0. The maximum atomic E-state index is 10.3. The van der Waals surface area contributed by atoms with Crippen molar-refractivity contribution >= 4 is 0 Å². The molecule has 0 amide bonds. The van der Waals surface area contributed by atoms with Crippen molar-refractivity contribution in [3.05, 3.63) is 60.2 Å². The van der Waals surface area contributed by atoms with Crippen LogP contribution in [0, 0.1) is 0 Å². The van der Waals surface area contributed by atoms with Crippen LogP contribution in [0.4, 0.5) is 0 Å². The van der Waals surface area contributed by atoms with Crippen molar-refractivity contribution in [2.24, 2.45) is 0 Å². The van der Waals surface area contributed by atoms with Gasteiger partial charge in [-0.3, -0.25) is 0 Å². The van der Waals surface area contributed by atoms with Crippen molar-refractivity contribution in [1.29, 1.82) is 0 Å². The number of phenols is 1. The zero-order chi connectivity index (χ0) is 15.9. The van der Waals surface area contributed by atoms with Crippen LogP contribution in [-0.2, 0) is 0 Å². The molecule has 0 spiro atoms. The molecule has 0 fully saturated rings. The van der Waals surface area contributed by atoms with Gasteiger partial charge in [0.15, 0.2) is 0 Å². The lowest BCUT2D eigenvalue weighted by Gasteiger charge is -2.25. The predicted octanol–water partition coefficient (Wildman–Crippen LogP) is 2.87. The van der Waals surface area contributed by atoms with Gasteiger partial charge >= 0.3 is 0 Å². The summed E-state index contributed by atoms with van der Waals surface area (Å²) in [7, 11) is 0.